The Morgan fingerprint density at radius 2 is 2.31 bits per heavy atom. The molecule has 1 saturated heterocycles. The highest BCUT2D eigenvalue weighted by Crippen LogP contribution is 2.24. The van der Waals surface area contributed by atoms with Crippen molar-refractivity contribution in [1.29, 1.82) is 0 Å². The number of likely N-dealkylation sites (N-methyl/N-ethyl adjacent to an activating group) is 1. The molecule has 0 amide bonds. The van der Waals surface area contributed by atoms with Gasteiger partial charge in [-0.05, 0) is 13.3 Å². The van der Waals surface area contributed by atoms with Crippen LogP contribution in [0, 0.1) is 0 Å². The van der Waals surface area contributed by atoms with Crippen LogP contribution >= 0.6 is 11.6 Å². The van der Waals surface area contributed by atoms with Crippen LogP contribution in [0.5, 0.6) is 0 Å². The van der Waals surface area contributed by atoms with Gasteiger partial charge in [0.05, 0.1) is 12.1 Å². The third kappa shape index (κ3) is 2.20. The normalized spacial score (nSPS) is 24.7. The van der Waals surface area contributed by atoms with Crippen molar-refractivity contribution in [3.63, 3.8) is 0 Å². The maximum absolute atomic E-state index is 5.85. The second-order valence-corrected chi connectivity index (χ2v) is 4.34. The molecule has 6 heteroatoms. The summed E-state index contributed by atoms with van der Waals surface area (Å²) in [6.07, 6.45) is 1.18. The number of nitrogens with two attached hydrogens (primary N) is 1. The lowest BCUT2D eigenvalue weighted by Gasteiger charge is -2.27. The minimum atomic E-state index is 0.194. The molecule has 2 atom stereocenters. The van der Waals surface area contributed by atoms with E-state index in [-0.39, 0.29) is 12.1 Å². The molecular weight excluding hydrogens is 228 g/mol. The van der Waals surface area contributed by atoms with Crippen LogP contribution in [0.4, 0.5) is 11.8 Å². The number of nitrogen functional groups attached to an aromatic ring is 1. The molecule has 5 nitrogen and oxygen atoms in total. The minimum Gasteiger partial charge on any atom is -0.376 e. The fourth-order valence-corrected chi connectivity index (χ4v) is 2.19. The molecule has 16 heavy (non-hydrogen) atoms. The van der Waals surface area contributed by atoms with Gasteiger partial charge < -0.3 is 15.4 Å². The second kappa shape index (κ2) is 4.43. The van der Waals surface area contributed by atoms with E-state index in [1.165, 1.54) is 0 Å². The third-order valence-corrected chi connectivity index (χ3v) is 3.09. The zero-order valence-corrected chi connectivity index (χ0v) is 10.1. The van der Waals surface area contributed by atoms with Gasteiger partial charge in [0.1, 0.15) is 11.0 Å². The van der Waals surface area contributed by atoms with Crippen molar-refractivity contribution in [2.24, 2.45) is 0 Å². The van der Waals surface area contributed by atoms with Gasteiger partial charge in [-0.25, -0.2) is 4.98 Å². The van der Waals surface area contributed by atoms with Gasteiger partial charge in [0.2, 0.25) is 5.95 Å². The predicted molar refractivity (Wildman–Crippen MR) is 63.7 cm³/mol. The number of ether oxygens (including phenoxy) is 1. The van der Waals surface area contributed by atoms with Crippen molar-refractivity contribution < 1.29 is 4.74 Å². The van der Waals surface area contributed by atoms with Gasteiger partial charge >= 0.3 is 0 Å². The smallest absolute Gasteiger partial charge is 0.223 e. The Morgan fingerprint density at radius 3 is 2.88 bits per heavy atom. The van der Waals surface area contributed by atoms with Gasteiger partial charge in [-0.3, -0.25) is 0 Å². The fourth-order valence-electron chi connectivity index (χ4n) is 2.00. The summed E-state index contributed by atoms with van der Waals surface area (Å²) in [6.45, 7) is 2.84. The molecule has 2 heterocycles. The van der Waals surface area contributed by atoms with Crippen molar-refractivity contribution in [2.45, 2.75) is 25.5 Å². The second-order valence-electron chi connectivity index (χ2n) is 3.95. The molecule has 1 aromatic heterocycles. The van der Waals surface area contributed by atoms with Crippen molar-refractivity contribution in [1.82, 2.24) is 9.97 Å². The highest BCUT2D eigenvalue weighted by Gasteiger charge is 2.28. The average molecular weight is 243 g/mol. The molecule has 0 spiro atoms. The molecule has 0 radical (unpaired) electrons. The molecule has 1 aliphatic rings. The van der Waals surface area contributed by atoms with Crippen LogP contribution in [0.15, 0.2) is 6.07 Å². The quantitative estimate of drug-likeness (QED) is 0.793. The van der Waals surface area contributed by atoms with E-state index in [0.29, 0.717) is 11.2 Å². The summed E-state index contributed by atoms with van der Waals surface area (Å²) in [6, 6.07) is 2.02. The van der Waals surface area contributed by atoms with Crippen LogP contribution in [0.1, 0.15) is 13.3 Å². The number of halogens is 1. The molecular formula is C10H15ClN4O. The van der Waals surface area contributed by atoms with Crippen LogP contribution < -0.4 is 10.6 Å². The molecule has 0 saturated carbocycles. The number of rotatable bonds is 2. The van der Waals surface area contributed by atoms with E-state index < -0.39 is 0 Å². The van der Waals surface area contributed by atoms with E-state index in [1.54, 1.807) is 6.07 Å². The van der Waals surface area contributed by atoms with Crippen LogP contribution in [0.3, 0.4) is 0 Å². The van der Waals surface area contributed by atoms with Gasteiger partial charge in [-0.15, -0.1) is 0 Å². The summed E-state index contributed by atoms with van der Waals surface area (Å²) in [7, 11) is 1.97. The Balaban J connectivity index is 2.22. The lowest BCUT2D eigenvalue weighted by atomic mass is 10.1. The molecule has 0 aliphatic carbocycles. The monoisotopic (exact) mass is 242 g/mol. The molecule has 1 aliphatic heterocycles. The van der Waals surface area contributed by atoms with Crippen LogP contribution in [-0.2, 0) is 4.74 Å². The third-order valence-electron chi connectivity index (χ3n) is 2.89. The highest BCUT2D eigenvalue weighted by atomic mass is 35.5. The number of hydrogen-bond acceptors (Lipinski definition) is 5. The fraction of sp³-hybridized carbons (Fsp3) is 0.600. The zero-order chi connectivity index (χ0) is 11.7. The first-order chi connectivity index (χ1) is 7.58. The largest absolute Gasteiger partial charge is 0.376 e. The standard InChI is InChI=1S/C10H15ClN4O/c1-6-7(3-4-16-6)15(2)9-5-8(11)13-10(12)14-9/h5-7H,3-4H2,1-2H3,(H2,12,13,14). The average Bonchev–Trinajstić information content (AvgIpc) is 2.62. The van der Waals surface area contributed by atoms with E-state index >= 15 is 0 Å². The Hall–Kier alpha value is -1.07. The predicted octanol–water partition coefficient (Wildman–Crippen LogP) is 1.33. The maximum Gasteiger partial charge on any atom is 0.223 e. The highest BCUT2D eigenvalue weighted by molar-refractivity contribution is 6.29. The Kier molecular flexibility index (Phi) is 3.16. The van der Waals surface area contributed by atoms with Gasteiger partial charge in [-0.1, -0.05) is 11.6 Å². The topological polar surface area (TPSA) is 64.3 Å². The van der Waals surface area contributed by atoms with Crippen molar-refractivity contribution in [3.05, 3.63) is 11.2 Å². The molecule has 2 rings (SSSR count). The van der Waals surface area contributed by atoms with Gasteiger partial charge in [0, 0.05) is 19.7 Å². The van der Waals surface area contributed by atoms with Crippen LogP contribution in [0.2, 0.25) is 5.15 Å². The Morgan fingerprint density at radius 1 is 1.56 bits per heavy atom. The van der Waals surface area contributed by atoms with E-state index in [2.05, 4.69) is 16.9 Å². The summed E-state index contributed by atoms with van der Waals surface area (Å²) < 4.78 is 5.52. The zero-order valence-electron chi connectivity index (χ0n) is 9.35. The summed E-state index contributed by atoms with van der Waals surface area (Å²) in [5.74, 6) is 0.931. The summed E-state index contributed by atoms with van der Waals surface area (Å²) in [5, 5.41) is 0.362. The lowest BCUT2D eigenvalue weighted by molar-refractivity contribution is 0.118. The van der Waals surface area contributed by atoms with Gasteiger partial charge in [0.15, 0.2) is 0 Å². The minimum absolute atomic E-state index is 0.194. The van der Waals surface area contributed by atoms with Gasteiger partial charge in [-0.2, -0.15) is 4.98 Å². The SMILES string of the molecule is CC1OCCC1N(C)c1cc(Cl)nc(N)n1. The lowest BCUT2D eigenvalue weighted by Crippen LogP contribution is -2.37. The first-order valence-electron chi connectivity index (χ1n) is 5.22. The Bertz CT molecular complexity index is 367. The molecule has 0 aromatic carbocycles. The molecule has 1 fully saturated rings. The number of nitrogens with zero attached hydrogens (tertiary/aromatic N) is 3. The molecule has 2 unspecified atom stereocenters. The first kappa shape index (κ1) is 11.4. The van der Waals surface area contributed by atoms with Crippen LogP contribution in [0.25, 0.3) is 0 Å². The van der Waals surface area contributed by atoms with Gasteiger partial charge in [0.25, 0.3) is 0 Å². The van der Waals surface area contributed by atoms with Crippen LogP contribution in [-0.4, -0.2) is 35.8 Å². The van der Waals surface area contributed by atoms with E-state index in [4.69, 9.17) is 22.1 Å². The number of aromatic nitrogens is 2. The van der Waals surface area contributed by atoms with E-state index in [1.807, 2.05) is 11.9 Å². The molecule has 1 aromatic rings. The molecule has 2 N–H and O–H groups in total. The van der Waals surface area contributed by atoms with E-state index in [0.717, 1.165) is 18.8 Å². The molecule has 0 bridgehead atoms. The van der Waals surface area contributed by atoms with E-state index in [9.17, 15) is 0 Å². The van der Waals surface area contributed by atoms with Crippen molar-refractivity contribution in [2.75, 3.05) is 24.3 Å². The summed E-state index contributed by atoms with van der Waals surface area (Å²) >= 11 is 5.85. The first-order valence-corrected chi connectivity index (χ1v) is 5.60. The summed E-state index contributed by atoms with van der Waals surface area (Å²) in [4.78, 5) is 10.0. The maximum atomic E-state index is 5.85. The summed E-state index contributed by atoms with van der Waals surface area (Å²) in [5.41, 5.74) is 5.57. The van der Waals surface area contributed by atoms with Crippen molar-refractivity contribution in [3.8, 4) is 0 Å². The number of hydrogen-bond donors (Lipinski definition) is 1. The molecule has 88 valence electrons. The number of anilines is 2. The van der Waals surface area contributed by atoms with Crippen molar-refractivity contribution >= 4 is 23.4 Å². The Labute approximate surface area is 99.6 Å².